The molecule has 0 aliphatic carbocycles. The molecular formula is C34H44N4O7. The second kappa shape index (κ2) is 16.2. The van der Waals surface area contributed by atoms with Gasteiger partial charge in [0.15, 0.2) is 0 Å². The molecule has 45 heavy (non-hydrogen) atoms. The summed E-state index contributed by atoms with van der Waals surface area (Å²) < 4.78 is 9.55. The van der Waals surface area contributed by atoms with Crippen LogP contribution < -0.4 is 16.0 Å². The summed E-state index contributed by atoms with van der Waals surface area (Å²) in [7, 11) is 1.92. The minimum atomic E-state index is -1.17. The number of carbonyl (C=O) groups excluding carboxylic acids is 4. The molecule has 4 rings (SSSR count). The normalized spacial score (nSPS) is 17.7. The topological polar surface area (TPSA) is 146 Å². The molecule has 3 amide bonds. The summed E-state index contributed by atoms with van der Waals surface area (Å²) >= 11 is 0. The number of esters is 1. The molecule has 0 saturated carbocycles. The minimum Gasteiger partial charge on any atom is -0.424 e. The fourth-order valence-electron chi connectivity index (χ4n) is 5.66. The van der Waals surface area contributed by atoms with E-state index in [9.17, 15) is 24.3 Å². The average Bonchev–Trinajstić information content (AvgIpc) is 3.05. The molecule has 2 aliphatic heterocycles. The second-order valence-electron chi connectivity index (χ2n) is 12.0. The van der Waals surface area contributed by atoms with Gasteiger partial charge in [-0.3, -0.25) is 9.59 Å². The highest BCUT2D eigenvalue weighted by Crippen LogP contribution is 2.21. The number of piperidine rings is 1. The molecule has 0 unspecified atom stereocenters. The number of carbonyl (C=O) groups is 4. The van der Waals surface area contributed by atoms with E-state index in [1.165, 1.54) is 0 Å². The number of hydrogen-bond donors (Lipinski definition) is 4. The molecule has 0 bridgehead atoms. The number of nitrogens with zero attached hydrogens (tertiary/aromatic N) is 1. The van der Waals surface area contributed by atoms with Gasteiger partial charge in [-0.1, -0.05) is 74.5 Å². The number of cyclic esters (lactones) is 1. The Morgan fingerprint density at radius 2 is 1.56 bits per heavy atom. The number of rotatable bonds is 14. The molecule has 2 aromatic carbocycles. The summed E-state index contributed by atoms with van der Waals surface area (Å²) in [5.41, 5.74) is 1.74. The van der Waals surface area contributed by atoms with Gasteiger partial charge >= 0.3 is 12.1 Å². The lowest BCUT2D eigenvalue weighted by Crippen LogP contribution is -2.55. The molecule has 0 spiro atoms. The Labute approximate surface area is 264 Å². The number of ether oxygens (including phenoxy) is 2. The number of likely N-dealkylation sites (tertiary alicyclic amines) is 1. The van der Waals surface area contributed by atoms with Gasteiger partial charge in [0.2, 0.25) is 11.8 Å². The maximum atomic E-state index is 13.9. The number of nitrogens with one attached hydrogen (secondary N) is 3. The van der Waals surface area contributed by atoms with Crippen molar-refractivity contribution in [1.82, 2.24) is 20.9 Å². The van der Waals surface area contributed by atoms with Gasteiger partial charge in [0.05, 0.1) is 12.1 Å². The van der Waals surface area contributed by atoms with Crippen LogP contribution in [0.1, 0.15) is 44.2 Å². The first-order chi connectivity index (χ1) is 21.6. The Morgan fingerprint density at radius 3 is 2.07 bits per heavy atom. The molecule has 11 nitrogen and oxygen atoms in total. The molecule has 0 aromatic heterocycles. The van der Waals surface area contributed by atoms with E-state index in [0.29, 0.717) is 25.6 Å². The van der Waals surface area contributed by atoms with Crippen molar-refractivity contribution in [2.45, 2.75) is 70.2 Å². The summed E-state index contributed by atoms with van der Waals surface area (Å²) in [5, 5.41) is 20.5. The lowest BCUT2D eigenvalue weighted by molar-refractivity contribution is -0.142. The standard InChI is InChI=1S/C34H44N4O7/c1-22(2)30(32(41)38-16-14-26(35-3)15-17-38)37-31(40)25(18-23-10-6-4-7-11-23)20-28(39)27(19-24-12-8-5-9-13-24)36-34(43)45-29-21-44-33(29)42/h4-13,21-22,25-28,30,35,39H,14-20H2,1-3H3,(H,36,43)(H,37,40)/t25-,27-,28+,30-/m0/s1. The Bertz CT molecular complexity index is 1330. The van der Waals surface area contributed by atoms with Crippen molar-refractivity contribution in [2.24, 2.45) is 11.8 Å². The minimum absolute atomic E-state index is 0.00415. The molecule has 4 N–H and O–H groups in total. The second-order valence-corrected chi connectivity index (χ2v) is 12.0. The van der Waals surface area contributed by atoms with Gasteiger partial charge in [-0.15, -0.1) is 0 Å². The molecule has 2 aliphatic rings. The van der Waals surface area contributed by atoms with Crippen molar-refractivity contribution in [1.29, 1.82) is 0 Å². The van der Waals surface area contributed by atoms with Crippen LogP contribution >= 0.6 is 0 Å². The van der Waals surface area contributed by atoms with Gasteiger partial charge in [-0.05, 0) is 56.2 Å². The fraction of sp³-hybridized carbons (Fsp3) is 0.471. The smallest absolute Gasteiger partial charge is 0.413 e. The van der Waals surface area contributed by atoms with Crippen molar-refractivity contribution in [2.75, 3.05) is 20.1 Å². The molecule has 2 heterocycles. The number of alkyl carbamates (subject to hydrolysis) is 1. The van der Waals surface area contributed by atoms with Crippen LogP contribution in [0.15, 0.2) is 72.7 Å². The Morgan fingerprint density at radius 1 is 0.956 bits per heavy atom. The Hall–Kier alpha value is -4.22. The van der Waals surface area contributed by atoms with Crippen LogP contribution in [0.3, 0.4) is 0 Å². The third-order valence-electron chi connectivity index (χ3n) is 8.41. The molecule has 2 aromatic rings. The van der Waals surface area contributed by atoms with E-state index < -0.39 is 36.2 Å². The number of amides is 3. The number of aliphatic hydroxyl groups excluding tert-OH is 1. The lowest BCUT2D eigenvalue weighted by atomic mass is 9.88. The summed E-state index contributed by atoms with van der Waals surface area (Å²) in [5.74, 6) is -2.32. The van der Waals surface area contributed by atoms with Crippen molar-refractivity contribution < 1.29 is 33.8 Å². The summed E-state index contributed by atoms with van der Waals surface area (Å²) in [4.78, 5) is 53.5. The zero-order valence-electron chi connectivity index (χ0n) is 26.1. The van der Waals surface area contributed by atoms with Crippen LogP contribution in [0.25, 0.3) is 0 Å². The van der Waals surface area contributed by atoms with E-state index in [1.54, 1.807) is 0 Å². The Kier molecular flexibility index (Phi) is 12.1. The summed E-state index contributed by atoms with van der Waals surface area (Å²) in [6.07, 6.45) is 1.19. The van der Waals surface area contributed by atoms with E-state index in [0.717, 1.165) is 30.2 Å². The highest BCUT2D eigenvalue weighted by atomic mass is 16.6. The first-order valence-corrected chi connectivity index (χ1v) is 15.6. The number of aliphatic hydroxyl groups is 1. The molecule has 4 atom stereocenters. The van der Waals surface area contributed by atoms with Gasteiger partial charge < -0.3 is 35.4 Å². The van der Waals surface area contributed by atoms with Crippen molar-refractivity contribution in [3.63, 3.8) is 0 Å². The molecule has 0 radical (unpaired) electrons. The highest BCUT2D eigenvalue weighted by Gasteiger charge is 2.35. The van der Waals surface area contributed by atoms with Crippen LogP contribution in [0.2, 0.25) is 0 Å². The third kappa shape index (κ3) is 9.63. The monoisotopic (exact) mass is 620 g/mol. The SMILES string of the molecule is CNC1CCN(C(=O)[C@@H](NC(=O)[C@@H](Cc2ccccc2)C[C@@H](O)[C@H](Cc2ccccc2)NC(=O)OC2=COC2=O)C(C)C)CC1. The first kappa shape index (κ1) is 33.7. The first-order valence-electron chi connectivity index (χ1n) is 15.6. The maximum absolute atomic E-state index is 13.9. The van der Waals surface area contributed by atoms with Gasteiger partial charge in [0.25, 0.3) is 5.76 Å². The zero-order chi connectivity index (χ0) is 32.3. The van der Waals surface area contributed by atoms with Crippen LogP contribution in [0, 0.1) is 11.8 Å². The third-order valence-corrected chi connectivity index (χ3v) is 8.41. The summed E-state index contributed by atoms with van der Waals surface area (Å²) in [6.45, 7) is 5.05. The van der Waals surface area contributed by atoms with E-state index >= 15 is 0 Å². The molecule has 1 fully saturated rings. The van der Waals surface area contributed by atoms with E-state index in [-0.39, 0.29) is 36.3 Å². The van der Waals surface area contributed by atoms with E-state index in [2.05, 4.69) is 20.7 Å². The van der Waals surface area contributed by atoms with Gasteiger partial charge in [0.1, 0.15) is 12.3 Å². The van der Waals surface area contributed by atoms with Crippen LogP contribution in [-0.2, 0) is 36.7 Å². The zero-order valence-corrected chi connectivity index (χ0v) is 26.1. The van der Waals surface area contributed by atoms with E-state index in [4.69, 9.17) is 4.74 Å². The van der Waals surface area contributed by atoms with Crippen molar-refractivity contribution in [3.05, 3.63) is 83.8 Å². The number of benzene rings is 2. The molecular weight excluding hydrogens is 576 g/mol. The maximum Gasteiger partial charge on any atom is 0.413 e. The van der Waals surface area contributed by atoms with Crippen LogP contribution in [-0.4, -0.2) is 78.3 Å². The molecule has 11 heteroatoms. The van der Waals surface area contributed by atoms with E-state index in [1.807, 2.05) is 86.5 Å². The quantitative estimate of drug-likeness (QED) is 0.236. The molecule has 242 valence electrons. The summed E-state index contributed by atoms with van der Waals surface area (Å²) in [6, 6.07) is 17.6. The number of hydrogen-bond acceptors (Lipinski definition) is 8. The predicted octanol–water partition coefficient (Wildman–Crippen LogP) is 2.68. The highest BCUT2D eigenvalue weighted by molar-refractivity contribution is 5.93. The lowest BCUT2D eigenvalue weighted by Gasteiger charge is -2.36. The van der Waals surface area contributed by atoms with Crippen molar-refractivity contribution in [3.8, 4) is 0 Å². The Balaban J connectivity index is 1.51. The van der Waals surface area contributed by atoms with Crippen LogP contribution in [0.5, 0.6) is 0 Å². The fourth-order valence-corrected chi connectivity index (χ4v) is 5.66. The van der Waals surface area contributed by atoms with Crippen molar-refractivity contribution >= 4 is 23.9 Å². The van der Waals surface area contributed by atoms with Crippen LogP contribution in [0.4, 0.5) is 4.79 Å². The average molecular weight is 621 g/mol. The van der Waals surface area contributed by atoms with Gasteiger partial charge in [-0.25, -0.2) is 9.59 Å². The molecule has 1 saturated heterocycles. The predicted molar refractivity (Wildman–Crippen MR) is 167 cm³/mol. The largest absolute Gasteiger partial charge is 0.424 e. The van der Waals surface area contributed by atoms with Gasteiger partial charge in [0, 0.05) is 25.0 Å². The van der Waals surface area contributed by atoms with Gasteiger partial charge in [-0.2, -0.15) is 0 Å².